The Labute approximate surface area is 166 Å². The van der Waals surface area contributed by atoms with Crippen LogP contribution in [0.2, 0.25) is 0 Å². The first-order valence-corrected chi connectivity index (χ1v) is 9.94. The summed E-state index contributed by atoms with van der Waals surface area (Å²) in [5, 5.41) is 0. The van der Waals surface area contributed by atoms with Gasteiger partial charge in [0.2, 0.25) is 5.91 Å². The van der Waals surface area contributed by atoms with Crippen molar-refractivity contribution in [1.29, 1.82) is 0 Å². The van der Waals surface area contributed by atoms with Gasteiger partial charge in [0, 0.05) is 62.3 Å². The van der Waals surface area contributed by atoms with Gasteiger partial charge in [0.15, 0.2) is 11.6 Å². The number of nitrogen functional groups attached to an aromatic ring is 1. The monoisotopic (exact) mass is 403 g/mol. The minimum Gasteiger partial charge on any atom is -0.431 e. The van der Waals surface area contributed by atoms with Crippen LogP contribution in [0.1, 0.15) is 31.6 Å². The highest BCUT2D eigenvalue weighted by molar-refractivity contribution is 5.74. The molecule has 2 unspecified atom stereocenters. The zero-order valence-corrected chi connectivity index (χ0v) is 16.1. The second kappa shape index (κ2) is 6.67. The molecule has 2 N–H and O–H groups in total. The van der Waals surface area contributed by atoms with Crippen LogP contribution < -0.4 is 10.5 Å². The molecule has 0 radical (unpaired) electrons. The first kappa shape index (κ1) is 18.3. The Kier molecular flexibility index (Phi) is 4.22. The summed E-state index contributed by atoms with van der Waals surface area (Å²) in [7, 11) is 0. The van der Waals surface area contributed by atoms with Crippen LogP contribution in [0, 0.1) is 17.8 Å². The Bertz CT molecular complexity index is 946. The van der Waals surface area contributed by atoms with Crippen molar-refractivity contribution in [2.24, 2.45) is 17.8 Å². The predicted molar refractivity (Wildman–Crippen MR) is 101 cm³/mol. The van der Waals surface area contributed by atoms with Gasteiger partial charge in [0.05, 0.1) is 5.69 Å². The molecule has 1 saturated heterocycles. The van der Waals surface area contributed by atoms with E-state index in [0.717, 1.165) is 25.3 Å². The molecular weight excluding hydrogens is 380 g/mol. The molecule has 7 nitrogen and oxygen atoms in total. The highest BCUT2D eigenvalue weighted by Gasteiger charge is 2.58. The molecule has 2 aliphatic carbocycles. The number of halogens is 2. The maximum atomic E-state index is 12.6. The number of ether oxygens (including phenoxy) is 1. The fourth-order valence-electron chi connectivity index (χ4n) is 4.51. The number of pyridine rings is 1. The number of imidazole rings is 1. The number of rotatable bonds is 6. The van der Waals surface area contributed by atoms with Gasteiger partial charge in [-0.2, -0.15) is 8.78 Å². The Hall–Kier alpha value is -2.71. The minimum absolute atomic E-state index is 0.0762. The molecule has 154 valence electrons. The maximum Gasteiger partial charge on any atom is 0.387 e. The van der Waals surface area contributed by atoms with Crippen LogP contribution in [0.15, 0.2) is 18.5 Å². The SMILES string of the molecule is CC(=O)N1CC2C(C1)C2n1cc(-c2cnc(N)c(OC(F)F)c2)nc1CC1CC1. The number of anilines is 1. The molecule has 2 atom stereocenters. The van der Waals surface area contributed by atoms with Crippen LogP contribution in [-0.4, -0.2) is 45.0 Å². The molecule has 29 heavy (non-hydrogen) atoms. The number of carbonyl (C=O) groups is 1. The maximum absolute atomic E-state index is 12.6. The number of nitrogens with zero attached hydrogens (tertiary/aromatic N) is 4. The Balaban J connectivity index is 1.43. The average Bonchev–Trinajstić information content (AvgIpc) is 3.50. The van der Waals surface area contributed by atoms with Gasteiger partial charge < -0.3 is 19.9 Å². The Morgan fingerprint density at radius 1 is 1.34 bits per heavy atom. The van der Waals surface area contributed by atoms with Gasteiger partial charge in [0.1, 0.15) is 5.82 Å². The van der Waals surface area contributed by atoms with Gasteiger partial charge in [-0.15, -0.1) is 0 Å². The number of carbonyl (C=O) groups excluding carboxylic acids is 1. The van der Waals surface area contributed by atoms with E-state index in [1.54, 1.807) is 6.92 Å². The van der Waals surface area contributed by atoms with E-state index in [1.165, 1.54) is 25.1 Å². The molecule has 1 amide bonds. The summed E-state index contributed by atoms with van der Waals surface area (Å²) in [6.07, 6.45) is 6.86. The molecule has 2 aromatic rings. The number of piperidine rings is 1. The van der Waals surface area contributed by atoms with Gasteiger partial charge in [-0.05, 0) is 24.8 Å². The van der Waals surface area contributed by atoms with Crippen LogP contribution in [0.4, 0.5) is 14.6 Å². The molecule has 3 fully saturated rings. The topological polar surface area (TPSA) is 86.3 Å². The van der Waals surface area contributed by atoms with Gasteiger partial charge >= 0.3 is 6.61 Å². The summed E-state index contributed by atoms with van der Waals surface area (Å²) in [6.45, 7) is 0.224. The summed E-state index contributed by atoms with van der Waals surface area (Å²) in [5.74, 6) is 2.51. The third kappa shape index (κ3) is 3.42. The van der Waals surface area contributed by atoms with Crippen LogP contribution in [0.3, 0.4) is 0 Å². The van der Waals surface area contributed by atoms with E-state index >= 15 is 0 Å². The van der Waals surface area contributed by atoms with Crippen molar-refractivity contribution < 1.29 is 18.3 Å². The summed E-state index contributed by atoms with van der Waals surface area (Å²) >= 11 is 0. The molecule has 5 rings (SSSR count). The van der Waals surface area contributed by atoms with Crippen molar-refractivity contribution in [3.05, 3.63) is 24.3 Å². The van der Waals surface area contributed by atoms with Crippen molar-refractivity contribution in [1.82, 2.24) is 19.4 Å². The lowest BCUT2D eigenvalue weighted by molar-refractivity contribution is -0.128. The van der Waals surface area contributed by atoms with E-state index in [1.807, 2.05) is 11.1 Å². The lowest BCUT2D eigenvalue weighted by Crippen LogP contribution is -2.29. The Morgan fingerprint density at radius 2 is 2.07 bits per heavy atom. The highest BCUT2D eigenvalue weighted by atomic mass is 19.3. The lowest BCUT2D eigenvalue weighted by Gasteiger charge is -2.19. The van der Waals surface area contributed by atoms with Gasteiger partial charge in [-0.1, -0.05) is 0 Å². The van der Waals surface area contributed by atoms with E-state index in [-0.39, 0.29) is 17.5 Å². The van der Waals surface area contributed by atoms with Crippen LogP contribution in [-0.2, 0) is 11.2 Å². The van der Waals surface area contributed by atoms with Crippen molar-refractivity contribution in [2.75, 3.05) is 18.8 Å². The fourth-order valence-corrected chi connectivity index (χ4v) is 4.51. The second-order valence-corrected chi connectivity index (χ2v) is 8.33. The molecule has 9 heteroatoms. The summed E-state index contributed by atoms with van der Waals surface area (Å²) in [6, 6.07) is 1.81. The summed E-state index contributed by atoms with van der Waals surface area (Å²) in [4.78, 5) is 22.3. The largest absolute Gasteiger partial charge is 0.431 e. The predicted octanol–water partition coefficient (Wildman–Crippen LogP) is 2.73. The fraction of sp³-hybridized carbons (Fsp3) is 0.550. The number of amides is 1. The molecule has 1 aliphatic heterocycles. The number of alkyl halides is 2. The summed E-state index contributed by atoms with van der Waals surface area (Å²) < 4.78 is 32.0. The smallest absolute Gasteiger partial charge is 0.387 e. The number of fused-ring (bicyclic) bond motifs is 1. The van der Waals surface area contributed by atoms with Gasteiger partial charge in [-0.25, -0.2) is 9.97 Å². The number of likely N-dealkylation sites (tertiary alicyclic amines) is 1. The van der Waals surface area contributed by atoms with Crippen molar-refractivity contribution in [2.45, 2.75) is 38.8 Å². The molecule has 2 saturated carbocycles. The first-order valence-electron chi connectivity index (χ1n) is 9.94. The average molecular weight is 403 g/mol. The zero-order valence-electron chi connectivity index (χ0n) is 16.1. The van der Waals surface area contributed by atoms with Crippen LogP contribution in [0.5, 0.6) is 5.75 Å². The van der Waals surface area contributed by atoms with Crippen LogP contribution >= 0.6 is 0 Å². The van der Waals surface area contributed by atoms with E-state index < -0.39 is 6.61 Å². The number of hydrogen-bond donors (Lipinski definition) is 1. The molecule has 2 aromatic heterocycles. The Morgan fingerprint density at radius 3 is 2.69 bits per heavy atom. The number of hydrogen-bond acceptors (Lipinski definition) is 5. The second-order valence-electron chi connectivity index (χ2n) is 8.33. The first-order chi connectivity index (χ1) is 13.9. The minimum atomic E-state index is -2.97. The lowest BCUT2D eigenvalue weighted by atomic mass is 10.2. The van der Waals surface area contributed by atoms with Gasteiger partial charge in [-0.3, -0.25) is 4.79 Å². The quantitative estimate of drug-likeness (QED) is 0.802. The van der Waals surface area contributed by atoms with E-state index in [4.69, 9.17) is 10.7 Å². The third-order valence-electron chi connectivity index (χ3n) is 6.29. The van der Waals surface area contributed by atoms with Crippen molar-refractivity contribution >= 4 is 11.7 Å². The molecule has 0 bridgehead atoms. The number of aromatic nitrogens is 3. The normalized spacial score (nSPS) is 25.4. The molecule has 3 aliphatic rings. The van der Waals surface area contributed by atoms with Crippen LogP contribution in [0.25, 0.3) is 11.3 Å². The molecule has 3 heterocycles. The zero-order chi connectivity index (χ0) is 20.3. The summed E-state index contributed by atoms with van der Waals surface area (Å²) in [5.41, 5.74) is 6.94. The molecule has 0 spiro atoms. The molecule has 0 aromatic carbocycles. The van der Waals surface area contributed by atoms with Gasteiger partial charge in [0.25, 0.3) is 0 Å². The van der Waals surface area contributed by atoms with Crippen molar-refractivity contribution in [3.63, 3.8) is 0 Å². The standard InChI is InChI=1S/C20H23F2N5O2/c1-10(28)26-7-13-14(8-26)18(13)27-9-15(25-17(27)4-11-2-3-11)12-5-16(29-20(21)22)19(23)24-6-12/h5-6,9,11,13-14,18,20H,2-4,7-8H2,1H3,(H2,23,24). The van der Waals surface area contributed by atoms with Crippen molar-refractivity contribution in [3.8, 4) is 17.0 Å². The third-order valence-corrected chi connectivity index (χ3v) is 6.29. The van der Waals surface area contributed by atoms with E-state index in [2.05, 4.69) is 14.3 Å². The van der Waals surface area contributed by atoms with E-state index in [0.29, 0.717) is 35.1 Å². The highest BCUT2D eigenvalue weighted by Crippen LogP contribution is 2.56. The number of nitrogens with two attached hydrogens (primary N) is 1. The molecular formula is C20H23F2N5O2. The van der Waals surface area contributed by atoms with E-state index in [9.17, 15) is 13.6 Å².